The zero-order valence-corrected chi connectivity index (χ0v) is 18.6. The van der Waals surface area contributed by atoms with E-state index in [9.17, 15) is 24.9 Å². The van der Waals surface area contributed by atoms with Crippen LogP contribution in [0.5, 0.6) is 17.2 Å². The first-order chi connectivity index (χ1) is 15.3. The summed E-state index contributed by atoms with van der Waals surface area (Å²) in [6.45, 7) is 0. The lowest BCUT2D eigenvalue weighted by molar-refractivity contribution is 0.0935. The second kappa shape index (κ2) is 8.76. The van der Waals surface area contributed by atoms with E-state index < -0.39 is 23.3 Å². The fourth-order valence-corrected chi connectivity index (χ4v) is 4.55. The lowest BCUT2D eigenvalue weighted by atomic mass is 9.95. The Morgan fingerprint density at radius 2 is 1.78 bits per heavy atom. The van der Waals surface area contributed by atoms with Gasteiger partial charge in [-0.1, -0.05) is 17.7 Å². The second-order valence-corrected chi connectivity index (χ2v) is 8.76. The molecule has 164 valence electrons. The maximum absolute atomic E-state index is 12.9. The van der Waals surface area contributed by atoms with E-state index in [1.807, 2.05) is 0 Å². The lowest BCUT2D eigenvalue weighted by Gasteiger charge is -2.18. The number of hydrogen-bond donors (Lipinski definition) is 4. The number of phenols is 3. The summed E-state index contributed by atoms with van der Waals surface area (Å²) in [4.78, 5) is 26.2. The van der Waals surface area contributed by atoms with Crippen molar-refractivity contribution in [3.8, 4) is 28.4 Å². The summed E-state index contributed by atoms with van der Waals surface area (Å²) in [5, 5.41) is 34.3. The molecule has 0 saturated heterocycles. The fraction of sp³-hybridized carbons (Fsp3) is 0.167. The van der Waals surface area contributed by atoms with Gasteiger partial charge in [0.25, 0.3) is 5.91 Å². The third-order valence-electron chi connectivity index (χ3n) is 5.56. The maximum Gasteiger partial charge on any atom is 0.251 e. The first-order valence-electron chi connectivity index (χ1n) is 9.86. The van der Waals surface area contributed by atoms with Crippen LogP contribution in [0.4, 0.5) is 0 Å². The van der Waals surface area contributed by atoms with E-state index in [4.69, 9.17) is 11.6 Å². The van der Waals surface area contributed by atoms with Crippen LogP contribution in [-0.4, -0.2) is 27.5 Å². The molecule has 1 aliphatic carbocycles. The Morgan fingerprint density at radius 3 is 2.47 bits per heavy atom. The number of carbonyl (C=O) groups is 1. The van der Waals surface area contributed by atoms with E-state index in [0.717, 1.165) is 0 Å². The molecule has 1 atom stereocenters. The van der Waals surface area contributed by atoms with Gasteiger partial charge in [-0.2, -0.15) is 0 Å². The summed E-state index contributed by atoms with van der Waals surface area (Å²) >= 11 is 7.21. The largest absolute Gasteiger partial charge is 0.504 e. The van der Waals surface area contributed by atoms with Crippen molar-refractivity contribution in [2.75, 3.05) is 6.26 Å². The Hall–Kier alpha value is -3.16. The van der Waals surface area contributed by atoms with Gasteiger partial charge in [-0.15, -0.1) is 11.8 Å². The molecule has 0 unspecified atom stereocenters. The van der Waals surface area contributed by atoms with Crippen molar-refractivity contribution >= 4 is 29.3 Å². The third-order valence-corrected chi connectivity index (χ3v) is 6.59. The predicted octanol–water partition coefficient (Wildman–Crippen LogP) is 4.62. The molecular formula is C24H20ClNO5S. The molecule has 3 aromatic carbocycles. The quantitative estimate of drug-likeness (QED) is 0.329. The van der Waals surface area contributed by atoms with Crippen molar-refractivity contribution in [1.29, 1.82) is 0 Å². The number of aryl methyl sites for hydroxylation is 1. The molecule has 0 aliphatic heterocycles. The highest BCUT2D eigenvalue weighted by Gasteiger charge is 2.28. The summed E-state index contributed by atoms with van der Waals surface area (Å²) < 4.78 is 0. The molecule has 0 saturated carbocycles. The molecule has 4 rings (SSSR count). The van der Waals surface area contributed by atoms with Crippen molar-refractivity contribution in [3.05, 3.63) is 80.5 Å². The minimum absolute atomic E-state index is 0.213. The third kappa shape index (κ3) is 4.01. The van der Waals surface area contributed by atoms with Crippen LogP contribution in [0.1, 0.15) is 33.9 Å². The molecule has 0 aromatic heterocycles. The van der Waals surface area contributed by atoms with Crippen LogP contribution in [0.2, 0.25) is 5.02 Å². The summed E-state index contributed by atoms with van der Waals surface area (Å²) in [7, 11) is 0. The van der Waals surface area contributed by atoms with E-state index >= 15 is 0 Å². The number of hydrogen-bond acceptors (Lipinski definition) is 6. The van der Waals surface area contributed by atoms with Crippen molar-refractivity contribution < 1.29 is 20.1 Å². The monoisotopic (exact) mass is 469 g/mol. The standard InChI is InChI=1S/C24H20ClNO5S/c1-32-20-9-7-15-16(11-18(20)27)17(26-24(31)12-2-5-14(25)6-3-12)8-4-13-10-19(28)22(29)23(30)21(13)15/h2-3,5-7,9-11,17,28-30H,4,8H2,1H3,(H,26,31)/t17-/m0/s1. The number of rotatable bonds is 3. The molecule has 1 aliphatic rings. The number of nitrogens with one attached hydrogen (secondary N) is 1. The maximum atomic E-state index is 12.9. The Kier molecular flexibility index (Phi) is 6.04. The number of carbonyl (C=O) groups excluding carboxylic acids is 1. The Labute approximate surface area is 193 Å². The highest BCUT2D eigenvalue weighted by Crippen LogP contribution is 2.48. The van der Waals surface area contributed by atoms with Crippen LogP contribution in [0.3, 0.4) is 0 Å². The zero-order chi connectivity index (χ0) is 23.0. The van der Waals surface area contributed by atoms with E-state index in [-0.39, 0.29) is 11.3 Å². The number of benzene rings is 2. The second-order valence-electron chi connectivity index (χ2n) is 7.48. The highest BCUT2D eigenvalue weighted by atomic mass is 35.5. The number of phenolic OH excluding ortho intramolecular Hbond substituents is 3. The average Bonchev–Trinajstić information content (AvgIpc) is 3.01. The van der Waals surface area contributed by atoms with Gasteiger partial charge >= 0.3 is 0 Å². The molecule has 8 heteroatoms. The van der Waals surface area contributed by atoms with Crippen LogP contribution in [0.15, 0.2) is 58.2 Å². The van der Waals surface area contributed by atoms with E-state index in [1.54, 1.807) is 42.7 Å². The van der Waals surface area contributed by atoms with Crippen molar-refractivity contribution in [1.82, 2.24) is 5.32 Å². The molecule has 4 N–H and O–H groups in total. The van der Waals surface area contributed by atoms with Gasteiger partial charge in [0, 0.05) is 16.1 Å². The van der Waals surface area contributed by atoms with Gasteiger partial charge in [0.2, 0.25) is 5.75 Å². The molecule has 0 heterocycles. The predicted molar refractivity (Wildman–Crippen MR) is 125 cm³/mol. The van der Waals surface area contributed by atoms with Crippen LogP contribution < -0.4 is 10.7 Å². The molecule has 32 heavy (non-hydrogen) atoms. The van der Waals surface area contributed by atoms with E-state index in [1.165, 1.54) is 23.9 Å². The molecule has 0 spiro atoms. The number of thioether (sulfide) groups is 1. The SMILES string of the molecule is CSc1ccc2c(cc1=O)[C@@H](NC(=O)c1ccc(Cl)cc1)CCc1cc(O)c(O)c(O)c1-2. The lowest BCUT2D eigenvalue weighted by Crippen LogP contribution is -2.29. The summed E-state index contributed by atoms with van der Waals surface area (Å²) in [6.07, 6.45) is 2.60. The molecule has 1 amide bonds. The molecule has 3 aromatic rings. The van der Waals surface area contributed by atoms with Crippen LogP contribution >= 0.6 is 23.4 Å². The van der Waals surface area contributed by atoms with Crippen LogP contribution in [-0.2, 0) is 6.42 Å². The van der Waals surface area contributed by atoms with Gasteiger partial charge in [0.15, 0.2) is 16.9 Å². The normalized spacial score (nSPS) is 14.8. The Morgan fingerprint density at radius 1 is 1.06 bits per heavy atom. The number of fused-ring (bicyclic) bond motifs is 3. The van der Waals surface area contributed by atoms with Gasteiger partial charge in [0.1, 0.15) is 0 Å². The average molecular weight is 470 g/mol. The van der Waals surface area contributed by atoms with Gasteiger partial charge in [-0.25, -0.2) is 0 Å². The highest BCUT2D eigenvalue weighted by molar-refractivity contribution is 7.98. The minimum atomic E-state index is -0.628. The summed E-state index contributed by atoms with van der Waals surface area (Å²) in [5.74, 6) is -1.85. The fourth-order valence-electron chi connectivity index (χ4n) is 3.96. The minimum Gasteiger partial charge on any atom is -0.504 e. The van der Waals surface area contributed by atoms with Gasteiger partial charge in [-0.05, 0) is 78.3 Å². The molecule has 0 fully saturated rings. The van der Waals surface area contributed by atoms with Gasteiger partial charge in [0.05, 0.1) is 10.9 Å². The smallest absolute Gasteiger partial charge is 0.251 e. The van der Waals surface area contributed by atoms with Crippen LogP contribution in [0.25, 0.3) is 11.1 Å². The summed E-state index contributed by atoms with van der Waals surface area (Å²) in [5.41, 5.74) is 2.17. The molecule has 0 bridgehead atoms. The zero-order valence-electron chi connectivity index (χ0n) is 17.1. The first kappa shape index (κ1) is 22.0. The first-order valence-corrected chi connectivity index (χ1v) is 11.5. The molecule has 6 nitrogen and oxygen atoms in total. The van der Waals surface area contributed by atoms with Gasteiger partial charge < -0.3 is 20.6 Å². The molecular weight excluding hydrogens is 450 g/mol. The van der Waals surface area contributed by atoms with Crippen LogP contribution in [0, 0.1) is 0 Å². The van der Waals surface area contributed by atoms with Crippen molar-refractivity contribution in [2.45, 2.75) is 23.8 Å². The van der Waals surface area contributed by atoms with E-state index in [2.05, 4.69) is 5.32 Å². The number of amides is 1. The number of halogens is 1. The number of aromatic hydroxyl groups is 3. The molecule has 0 radical (unpaired) electrons. The Balaban J connectivity index is 1.88. The topological polar surface area (TPSA) is 107 Å². The van der Waals surface area contributed by atoms with Crippen molar-refractivity contribution in [3.63, 3.8) is 0 Å². The van der Waals surface area contributed by atoms with Crippen molar-refractivity contribution in [2.24, 2.45) is 0 Å². The Bertz CT molecular complexity index is 1280. The van der Waals surface area contributed by atoms with E-state index in [0.29, 0.717) is 50.6 Å². The summed E-state index contributed by atoms with van der Waals surface area (Å²) in [6, 6.07) is 12.1. The van der Waals surface area contributed by atoms with Gasteiger partial charge in [-0.3, -0.25) is 9.59 Å².